The van der Waals surface area contributed by atoms with Gasteiger partial charge in [-0.25, -0.2) is 0 Å². The Labute approximate surface area is 135 Å². The Morgan fingerprint density at radius 2 is 1.85 bits per heavy atom. The highest BCUT2D eigenvalue weighted by molar-refractivity contribution is 9.10. The third-order valence-electron chi connectivity index (χ3n) is 2.44. The first-order valence-electron chi connectivity index (χ1n) is 5.68. The van der Waals surface area contributed by atoms with E-state index in [-0.39, 0.29) is 11.0 Å². The van der Waals surface area contributed by atoms with Gasteiger partial charge in [0.2, 0.25) is 0 Å². The van der Waals surface area contributed by atoms with Gasteiger partial charge in [0.15, 0.2) is 5.11 Å². The minimum absolute atomic E-state index is 0.197. The summed E-state index contributed by atoms with van der Waals surface area (Å²) in [5, 5.41) is 6.19. The molecule has 0 aliphatic heterocycles. The van der Waals surface area contributed by atoms with Crippen LogP contribution in [-0.2, 0) is 0 Å². The Bertz CT molecular complexity index is 649. The molecule has 0 aromatic heterocycles. The highest BCUT2D eigenvalue weighted by atomic mass is 79.9. The largest absolute Gasteiger partial charge is 0.331 e. The van der Waals surface area contributed by atoms with Crippen molar-refractivity contribution in [3.8, 4) is 0 Å². The summed E-state index contributed by atoms with van der Waals surface area (Å²) >= 11 is 14.5. The summed E-state index contributed by atoms with van der Waals surface area (Å²) in [4.78, 5) is 11.9. The van der Waals surface area contributed by atoms with E-state index in [9.17, 15) is 4.79 Å². The second-order valence-corrected chi connectivity index (χ2v) is 5.63. The van der Waals surface area contributed by atoms with E-state index in [4.69, 9.17) is 23.8 Å². The lowest BCUT2D eigenvalue weighted by Crippen LogP contribution is -2.34. The maximum atomic E-state index is 11.9. The summed E-state index contributed by atoms with van der Waals surface area (Å²) < 4.78 is 0.868. The van der Waals surface area contributed by atoms with Crippen LogP contribution >= 0.6 is 39.7 Å². The van der Waals surface area contributed by atoms with Gasteiger partial charge in [0.25, 0.3) is 5.91 Å². The molecule has 102 valence electrons. The first kappa shape index (κ1) is 15.0. The number of carbonyl (C=O) groups excluding carboxylic acids is 1. The Balaban J connectivity index is 2.01. The van der Waals surface area contributed by atoms with Crippen molar-refractivity contribution in [2.75, 3.05) is 5.32 Å². The fourth-order valence-electron chi connectivity index (χ4n) is 1.51. The van der Waals surface area contributed by atoms with Crippen LogP contribution in [0.25, 0.3) is 0 Å². The number of hydrogen-bond acceptors (Lipinski definition) is 2. The summed E-state index contributed by atoms with van der Waals surface area (Å²) in [5.41, 5.74) is 1.17. The average Bonchev–Trinajstić information content (AvgIpc) is 2.43. The van der Waals surface area contributed by atoms with Crippen LogP contribution in [0.2, 0.25) is 5.02 Å². The van der Waals surface area contributed by atoms with E-state index < -0.39 is 0 Å². The summed E-state index contributed by atoms with van der Waals surface area (Å²) in [7, 11) is 0. The van der Waals surface area contributed by atoms with Crippen LogP contribution < -0.4 is 10.6 Å². The fraction of sp³-hybridized carbons (Fsp3) is 0. The van der Waals surface area contributed by atoms with Gasteiger partial charge in [-0.15, -0.1) is 0 Å². The van der Waals surface area contributed by atoms with Crippen molar-refractivity contribution in [2.45, 2.75) is 0 Å². The predicted molar refractivity (Wildman–Crippen MR) is 89.3 cm³/mol. The Morgan fingerprint density at radius 3 is 2.50 bits per heavy atom. The van der Waals surface area contributed by atoms with Gasteiger partial charge in [0, 0.05) is 10.0 Å². The molecule has 3 nitrogen and oxygen atoms in total. The summed E-state index contributed by atoms with van der Waals surface area (Å²) in [6, 6.07) is 14.2. The van der Waals surface area contributed by atoms with Crippen LogP contribution in [0.1, 0.15) is 10.4 Å². The van der Waals surface area contributed by atoms with Crippen molar-refractivity contribution in [3.05, 3.63) is 63.6 Å². The lowest BCUT2D eigenvalue weighted by atomic mass is 10.2. The van der Waals surface area contributed by atoms with Crippen molar-refractivity contribution in [1.29, 1.82) is 0 Å². The van der Waals surface area contributed by atoms with Crippen LogP contribution in [0.5, 0.6) is 0 Å². The molecule has 0 saturated carbocycles. The molecule has 0 aliphatic carbocycles. The van der Waals surface area contributed by atoms with Gasteiger partial charge in [-0.3, -0.25) is 10.1 Å². The number of amides is 1. The van der Waals surface area contributed by atoms with E-state index in [0.29, 0.717) is 16.3 Å². The first-order chi connectivity index (χ1) is 9.56. The van der Waals surface area contributed by atoms with Gasteiger partial charge >= 0.3 is 0 Å². The molecule has 2 rings (SSSR count). The molecular formula is C14H10BrClN2OS. The average molecular weight is 370 g/mol. The van der Waals surface area contributed by atoms with Gasteiger partial charge in [-0.2, -0.15) is 0 Å². The number of nitrogens with one attached hydrogen (secondary N) is 2. The first-order valence-corrected chi connectivity index (χ1v) is 7.26. The molecule has 0 bridgehead atoms. The van der Waals surface area contributed by atoms with Crippen LogP contribution in [0.3, 0.4) is 0 Å². The summed E-state index contributed by atoms with van der Waals surface area (Å²) in [6.45, 7) is 0. The monoisotopic (exact) mass is 368 g/mol. The highest BCUT2D eigenvalue weighted by Crippen LogP contribution is 2.25. The molecule has 0 atom stereocenters. The molecule has 0 fully saturated rings. The number of thiocarbonyl (C=S) groups is 1. The van der Waals surface area contributed by atoms with Crippen molar-refractivity contribution in [3.63, 3.8) is 0 Å². The third kappa shape index (κ3) is 4.03. The van der Waals surface area contributed by atoms with E-state index in [1.165, 1.54) is 0 Å². The summed E-state index contributed by atoms with van der Waals surface area (Å²) in [5.74, 6) is -0.267. The van der Waals surface area contributed by atoms with E-state index >= 15 is 0 Å². The van der Waals surface area contributed by atoms with Crippen molar-refractivity contribution < 1.29 is 4.79 Å². The van der Waals surface area contributed by atoms with Crippen molar-refractivity contribution in [1.82, 2.24) is 5.32 Å². The predicted octanol–water partition coefficient (Wildman–Crippen LogP) is 4.23. The van der Waals surface area contributed by atoms with E-state index in [2.05, 4.69) is 26.6 Å². The molecule has 0 unspecified atom stereocenters. The Hall–Kier alpha value is -1.43. The zero-order chi connectivity index (χ0) is 14.5. The number of anilines is 1. The second kappa shape index (κ2) is 6.83. The molecule has 0 aliphatic rings. The van der Waals surface area contributed by atoms with Crippen molar-refractivity contribution in [2.24, 2.45) is 0 Å². The Kier molecular flexibility index (Phi) is 5.11. The SMILES string of the molecule is O=C(NC(=S)Nc1ccc(Br)cc1Cl)c1ccccc1. The van der Waals surface area contributed by atoms with Gasteiger partial charge in [-0.1, -0.05) is 45.7 Å². The molecular weight excluding hydrogens is 360 g/mol. The van der Waals surface area contributed by atoms with Crippen LogP contribution in [0, 0.1) is 0 Å². The zero-order valence-corrected chi connectivity index (χ0v) is 13.3. The lowest BCUT2D eigenvalue weighted by molar-refractivity contribution is 0.0978. The topological polar surface area (TPSA) is 41.1 Å². The van der Waals surface area contributed by atoms with E-state index in [1.807, 2.05) is 12.1 Å². The normalized spacial score (nSPS) is 9.90. The van der Waals surface area contributed by atoms with E-state index in [0.717, 1.165) is 4.47 Å². The number of benzene rings is 2. The molecule has 0 heterocycles. The molecule has 1 amide bonds. The molecule has 0 saturated heterocycles. The van der Waals surface area contributed by atoms with Crippen LogP contribution in [-0.4, -0.2) is 11.0 Å². The highest BCUT2D eigenvalue weighted by Gasteiger charge is 2.08. The molecule has 0 spiro atoms. The quantitative estimate of drug-likeness (QED) is 0.778. The zero-order valence-electron chi connectivity index (χ0n) is 10.2. The number of rotatable bonds is 2. The fourth-order valence-corrected chi connectivity index (χ4v) is 2.43. The van der Waals surface area contributed by atoms with Crippen LogP contribution in [0.4, 0.5) is 5.69 Å². The number of hydrogen-bond donors (Lipinski definition) is 2. The molecule has 20 heavy (non-hydrogen) atoms. The standard InChI is InChI=1S/C14H10BrClN2OS/c15-10-6-7-12(11(16)8-10)17-14(20)18-13(19)9-4-2-1-3-5-9/h1-8H,(H2,17,18,19,20). The second-order valence-electron chi connectivity index (χ2n) is 3.90. The molecule has 2 N–H and O–H groups in total. The molecule has 2 aromatic rings. The maximum Gasteiger partial charge on any atom is 0.257 e. The minimum Gasteiger partial charge on any atom is -0.331 e. The number of halogens is 2. The van der Waals surface area contributed by atoms with Crippen LogP contribution in [0.15, 0.2) is 53.0 Å². The molecule has 6 heteroatoms. The van der Waals surface area contributed by atoms with Gasteiger partial charge in [-0.05, 0) is 42.5 Å². The maximum absolute atomic E-state index is 11.9. The van der Waals surface area contributed by atoms with Gasteiger partial charge in [0.05, 0.1) is 10.7 Å². The van der Waals surface area contributed by atoms with Gasteiger partial charge in [0.1, 0.15) is 0 Å². The van der Waals surface area contributed by atoms with Gasteiger partial charge < -0.3 is 5.32 Å². The Morgan fingerprint density at radius 1 is 1.15 bits per heavy atom. The molecule has 2 aromatic carbocycles. The lowest BCUT2D eigenvalue weighted by Gasteiger charge is -2.11. The minimum atomic E-state index is -0.267. The summed E-state index contributed by atoms with van der Waals surface area (Å²) in [6.07, 6.45) is 0. The third-order valence-corrected chi connectivity index (χ3v) is 3.45. The number of carbonyl (C=O) groups is 1. The smallest absolute Gasteiger partial charge is 0.257 e. The van der Waals surface area contributed by atoms with E-state index in [1.54, 1.807) is 36.4 Å². The molecule has 0 radical (unpaired) electrons. The van der Waals surface area contributed by atoms with Crippen molar-refractivity contribution >= 4 is 56.5 Å².